The zero-order chi connectivity index (χ0) is 18.9. The van der Waals surface area contributed by atoms with Gasteiger partial charge < -0.3 is 0 Å². The van der Waals surface area contributed by atoms with Crippen LogP contribution in [0.5, 0.6) is 0 Å². The SMILES string of the molecule is CC1C/C(=C\c2ccc([N+](=O)[O-])c(C(=O)c3ccccc3)c2)C(C)(C)C1. The van der Waals surface area contributed by atoms with Gasteiger partial charge in [-0.2, -0.15) is 0 Å². The molecular formula is C22H23NO3. The Balaban J connectivity index is 2.05. The van der Waals surface area contributed by atoms with E-state index in [9.17, 15) is 14.9 Å². The van der Waals surface area contributed by atoms with Gasteiger partial charge in [-0.1, -0.05) is 62.8 Å². The van der Waals surface area contributed by atoms with Gasteiger partial charge in [0.15, 0.2) is 5.78 Å². The smallest absolute Gasteiger partial charge is 0.280 e. The van der Waals surface area contributed by atoms with Crippen LogP contribution >= 0.6 is 0 Å². The van der Waals surface area contributed by atoms with Gasteiger partial charge in [-0.3, -0.25) is 14.9 Å². The zero-order valence-electron chi connectivity index (χ0n) is 15.4. The molecule has 3 rings (SSSR count). The molecule has 4 nitrogen and oxygen atoms in total. The molecule has 0 radical (unpaired) electrons. The number of carbonyl (C=O) groups is 1. The zero-order valence-corrected chi connectivity index (χ0v) is 15.4. The molecule has 2 aromatic rings. The third-order valence-electron chi connectivity index (χ3n) is 5.14. The van der Waals surface area contributed by atoms with E-state index in [1.54, 1.807) is 36.4 Å². The molecule has 1 fully saturated rings. The molecule has 0 heterocycles. The highest BCUT2D eigenvalue weighted by molar-refractivity contribution is 6.11. The number of allylic oxidation sites excluding steroid dienone is 1. The highest BCUT2D eigenvalue weighted by Crippen LogP contribution is 2.46. The largest absolute Gasteiger partial charge is 0.288 e. The lowest BCUT2D eigenvalue weighted by molar-refractivity contribution is -0.385. The maximum Gasteiger partial charge on any atom is 0.280 e. The Morgan fingerprint density at radius 1 is 1.19 bits per heavy atom. The monoisotopic (exact) mass is 349 g/mol. The van der Waals surface area contributed by atoms with Crippen LogP contribution in [-0.2, 0) is 0 Å². The molecule has 1 saturated carbocycles. The first-order chi connectivity index (χ1) is 12.3. The molecule has 0 amide bonds. The summed E-state index contributed by atoms with van der Waals surface area (Å²) >= 11 is 0. The van der Waals surface area contributed by atoms with E-state index >= 15 is 0 Å². The Hall–Kier alpha value is -2.75. The molecule has 0 N–H and O–H groups in total. The van der Waals surface area contributed by atoms with Crippen molar-refractivity contribution in [2.45, 2.75) is 33.6 Å². The molecule has 4 heteroatoms. The van der Waals surface area contributed by atoms with Crippen molar-refractivity contribution in [1.29, 1.82) is 0 Å². The fourth-order valence-corrected chi connectivity index (χ4v) is 3.91. The van der Waals surface area contributed by atoms with E-state index in [0.717, 1.165) is 18.4 Å². The van der Waals surface area contributed by atoms with Crippen molar-refractivity contribution in [3.63, 3.8) is 0 Å². The first-order valence-corrected chi connectivity index (χ1v) is 8.87. The quantitative estimate of drug-likeness (QED) is 0.406. The van der Waals surface area contributed by atoms with Crippen molar-refractivity contribution in [3.05, 3.63) is 80.9 Å². The molecule has 2 aromatic carbocycles. The number of carbonyl (C=O) groups excluding carboxylic acids is 1. The summed E-state index contributed by atoms with van der Waals surface area (Å²) in [5.74, 6) is 0.302. The predicted octanol–water partition coefficient (Wildman–Crippen LogP) is 5.67. The first-order valence-electron chi connectivity index (χ1n) is 8.87. The van der Waals surface area contributed by atoms with E-state index in [4.69, 9.17) is 0 Å². The average molecular weight is 349 g/mol. The Kier molecular flexibility index (Phi) is 4.77. The molecule has 0 saturated heterocycles. The van der Waals surface area contributed by atoms with E-state index in [0.29, 0.717) is 11.5 Å². The van der Waals surface area contributed by atoms with Crippen molar-refractivity contribution in [2.24, 2.45) is 11.3 Å². The number of rotatable bonds is 4. The van der Waals surface area contributed by atoms with Crippen molar-refractivity contribution in [1.82, 2.24) is 0 Å². The number of nitrogens with zero attached hydrogens (tertiary/aromatic N) is 1. The maximum atomic E-state index is 12.8. The number of benzene rings is 2. The van der Waals surface area contributed by atoms with Crippen LogP contribution in [0.4, 0.5) is 5.69 Å². The second-order valence-electron chi connectivity index (χ2n) is 7.80. The second kappa shape index (κ2) is 6.87. The summed E-state index contributed by atoms with van der Waals surface area (Å²) in [5, 5.41) is 11.4. The molecule has 1 unspecified atom stereocenters. The fourth-order valence-electron chi connectivity index (χ4n) is 3.91. The van der Waals surface area contributed by atoms with Gasteiger partial charge >= 0.3 is 0 Å². The van der Waals surface area contributed by atoms with Gasteiger partial charge in [-0.05, 0) is 41.9 Å². The molecule has 0 spiro atoms. The van der Waals surface area contributed by atoms with E-state index in [1.165, 1.54) is 11.6 Å². The molecule has 134 valence electrons. The van der Waals surface area contributed by atoms with Crippen LogP contribution in [-0.4, -0.2) is 10.7 Å². The van der Waals surface area contributed by atoms with Gasteiger partial charge in [0.2, 0.25) is 0 Å². The normalized spacial score (nSPS) is 20.3. The third-order valence-corrected chi connectivity index (χ3v) is 5.14. The molecule has 0 aromatic heterocycles. The molecule has 0 bridgehead atoms. The van der Waals surface area contributed by atoms with Crippen LogP contribution < -0.4 is 0 Å². The van der Waals surface area contributed by atoms with Gasteiger partial charge in [-0.15, -0.1) is 0 Å². The minimum Gasteiger partial charge on any atom is -0.288 e. The molecule has 1 aliphatic carbocycles. The van der Waals surface area contributed by atoms with Crippen LogP contribution in [0, 0.1) is 21.4 Å². The van der Waals surface area contributed by atoms with Crippen LogP contribution in [0.15, 0.2) is 54.1 Å². The minimum absolute atomic E-state index is 0.116. The first kappa shape index (κ1) is 18.1. The lowest BCUT2D eigenvalue weighted by Gasteiger charge is -2.20. The molecule has 1 aliphatic rings. The highest BCUT2D eigenvalue weighted by atomic mass is 16.6. The third kappa shape index (κ3) is 3.59. The number of nitro groups is 1. The highest BCUT2D eigenvalue weighted by Gasteiger charge is 2.33. The van der Waals surface area contributed by atoms with Gasteiger partial charge in [0.25, 0.3) is 5.69 Å². The Morgan fingerprint density at radius 3 is 2.46 bits per heavy atom. The summed E-state index contributed by atoms with van der Waals surface area (Å²) in [6.45, 7) is 6.69. The summed E-state index contributed by atoms with van der Waals surface area (Å²) in [4.78, 5) is 23.7. The Morgan fingerprint density at radius 2 is 1.88 bits per heavy atom. The van der Waals surface area contributed by atoms with Crippen molar-refractivity contribution in [3.8, 4) is 0 Å². The molecular weight excluding hydrogens is 326 g/mol. The minimum atomic E-state index is -0.491. The van der Waals surface area contributed by atoms with Gasteiger partial charge in [0, 0.05) is 11.6 Å². The van der Waals surface area contributed by atoms with E-state index in [-0.39, 0.29) is 22.4 Å². The Bertz CT molecular complexity index is 882. The molecule has 0 aliphatic heterocycles. The standard InChI is InChI=1S/C22H23NO3/c1-15-11-18(22(2,3)14-15)12-16-9-10-20(23(25)26)19(13-16)21(24)17-7-5-4-6-8-17/h4-10,12-13,15H,11,14H2,1-3H3/b18-12+. The van der Waals surface area contributed by atoms with Gasteiger partial charge in [0.1, 0.15) is 5.56 Å². The molecule has 1 atom stereocenters. The van der Waals surface area contributed by atoms with E-state index in [1.807, 2.05) is 6.07 Å². The molecule has 26 heavy (non-hydrogen) atoms. The van der Waals surface area contributed by atoms with Crippen LogP contribution in [0.1, 0.15) is 55.1 Å². The van der Waals surface area contributed by atoms with Crippen LogP contribution in [0.25, 0.3) is 6.08 Å². The maximum absolute atomic E-state index is 12.8. The lowest BCUT2D eigenvalue weighted by atomic mass is 9.85. The van der Waals surface area contributed by atoms with Crippen LogP contribution in [0.3, 0.4) is 0 Å². The van der Waals surface area contributed by atoms with Crippen molar-refractivity contribution < 1.29 is 9.72 Å². The summed E-state index contributed by atoms with van der Waals surface area (Å²) < 4.78 is 0. The second-order valence-corrected chi connectivity index (χ2v) is 7.80. The topological polar surface area (TPSA) is 60.2 Å². The van der Waals surface area contributed by atoms with Crippen molar-refractivity contribution >= 4 is 17.5 Å². The number of hydrogen-bond acceptors (Lipinski definition) is 3. The number of hydrogen-bond donors (Lipinski definition) is 0. The predicted molar refractivity (Wildman–Crippen MR) is 103 cm³/mol. The van der Waals surface area contributed by atoms with E-state index < -0.39 is 4.92 Å². The number of nitro benzene ring substituents is 1. The van der Waals surface area contributed by atoms with Crippen molar-refractivity contribution in [2.75, 3.05) is 0 Å². The fraction of sp³-hybridized carbons (Fsp3) is 0.318. The summed E-state index contributed by atoms with van der Waals surface area (Å²) in [6.07, 6.45) is 4.24. The number of ketones is 1. The van der Waals surface area contributed by atoms with Crippen LogP contribution in [0.2, 0.25) is 0 Å². The van der Waals surface area contributed by atoms with Gasteiger partial charge in [0.05, 0.1) is 4.92 Å². The average Bonchev–Trinajstić information content (AvgIpc) is 2.86. The van der Waals surface area contributed by atoms with E-state index in [2.05, 4.69) is 26.8 Å². The Labute approximate surface area is 153 Å². The van der Waals surface area contributed by atoms with Gasteiger partial charge in [-0.25, -0.2) is 0 Å². The summed E-state index contributed by atoms with van der Waals surface area (Å²) in [6, 6.07) is 13.5. The summed E-state index contributed by atoms with van der Waals surface area (Å²) in [7, 11) is 0. The summed E-state index contributed by atoms with van der Waals surface area (Å²) in [5.41, 5.74) is 2.73. The lowest BCUT2D eigenvalue weighted by Crippen LogP contribution is -2.08.